The van der Waals surface area contributed by atoms with Crippen molar-refractivity contribution in [1.82, 2.24) is 15.1 Å². The number of carbonyl (C=O) groups excluding carboxylic acids is 1. The van der Waals surface area contributed by atoms with Crippen molar-refractivity contribution in [2.24, 2.45) is 0 Å². The largest absolute Gasteiger partial charge is 0.384 e. The van der Waals surface area contributed by atoms with Crippen molar-refractivity contribution < 1.29 is 4.79 Å². The monoisotopic (exact) mass is 270 g/mol. The van der Waals surface area contributed by atoms with Gasteiger partial charge in [0.25, 0.3) is 5.91 Å². The van der Waals surface area contributed by atoms with Crippen LogP contribution in [0.1, 0.15) is 34.5 Å². The Bertz CT molecular complexity index is 671. The highest BCUT2D eigenvalue weighted by atomic mass is 16.1. The molecule has 0 bridgehead atoms. The minimum Gasteiger partial charge on any atom is -0.384 e. The van der Waals surface area contributed by atoms with Gasteiger partial charge in [-0.2, -0.15) is 5.10 Å². The van der Waals surface area contributed by atoms with Crippen LogP contribution in [0.25, 0.3) is 5.69 Å². The predicted octanol–water partition coefficient (Wildman–Crippen LogP) is 1.96. The summed E-state index contributed by atoms with van der Waals surface area (Å²) >= 11 is 0. The van der Waals surface area contributed by atoms with E-state index in [1.807, 2.05) is 38.1 Å². The van der Waals surface area contributed by atoms with Gasteiger partial charge in [-0.3, -0.25) is 4.79 Å². The first-order valence-electron chi connectivity index (χ1n) is 6.78. The van der Waals surface area contributed by atoms with Crippen LogP contribution in [0.5, 0.6) is 0 Å². The zero-order valence-corrected chi connectivity index (χ0v) is 11.7. The normalized spacial score (nSPS) is 14.3. The third kappa shape index (κ3) is 2.39. The molecule has 1 aromatic carbocycles. The predicted molar refractivity (Wildman–Crippen MR) is 77.9 cm³/mol. The number of aryl methyl sites for hydroxylation is 2. The van der Waals surface area contributed by atoms with Crippen molar-refractivity contribution >= 4 is 11.7 Å². The molecule has 0 saturated heterocycles. The van der Waals surface area contributed by atoms with Gasteiger partial charge in [-0.25, -0.2) is 4.68 Å². The molecule has 3 rings (SSSR count). The Morgan fingerprint density at radius 1 is 1.35 bits per heavy atom. The third-order valence-electron chi connectivity index (χ3n) is 3.47. The lowest BCUT2D eigenvalue weighted by Gasteiger charge is -2.10. The van der Waals surface area contributed by atoms with Crippen LogP contribution in [0.15, 0.2) is 24.3 Å². The van der Waals surface area contributed by atoms with Crippen LogP contribution in [-0.2, 0) is 0 Å². The second-order valence-corrected chi connectivity index (χ2v) is 5.37. The minimum absolute atomic E-state index is 0.0313. The molecule has 0 aliphatic heterocycles. The molecule has 1 fully saturated rings. The molecular formula is C15H18N4O. The Kier molecular flexibility index (Phi) is 2.97. The molecule has 0 radical (unpaired) electrons. The Morgan fingerprint density at radius 2 is 2.10 bits per heavy atom. The zero-order valence-electron chi connectivity index (χ0n) is 11.7. The molecule has 2 aromatic rings. The summed E-state index contributed by atoms with van der Waals surface area (Å²) in [5.41, 5.74) is 9.34. The Labute approximate surface area is 117 Å². The van der Waals surface area contributed by atoms with E-state index in [-0.39, 0.29) is 5.91 Å². The molecule has 1 aliphatic rings. The van der Waals surface area contributed by atoms with Gasteiger partial charge in [-0.05, 0) is 44.4 Å². The summed E-state index contributed by atoms with van der Waals surface area (Å²) in [6.45, 7) is 3.88. The molecular weight excluding hydrogens is 252 g/mol. The van der Waals surface area contributed by atoms with Gasteiger partial charge in [-0.1, -0.05) is 6.07 Å². The quantitative estimate of drug-likeness (QED) is 0.895. The van der Waals surface area contributed by atoms with Gasteiger partial charge < -0.3 is 11.1 Å². The number of rotatable bonds is 3. The van der Waals surface area contributed by atoms with Gasteiger partial charge in [0.15, 0.2) is 0 Å². The highest BCUT2D eigenvalue weighted by molar-refractivity contribution is 5.95. The van der Waals surface area contributed by atoms with Gasteiger partial charge >= 0.3 is 0 Å². The van der Waals surface area contributed by atoms with Crippen molar-refractivity contribution in [1.29, 1.82) is 0 Å². The first kappa shape index (κ1) is 12.7. The summed E-state index contributed by atoms with van der Waals surface area (Å²) < 4.78 is 1.68. The molecule has 20 heavy (non-hydrogen) atoms. The standard InChI is InChI=1S/C15H18N4O/c1-9-3-4-11(15(20)17-12-5-6-12)8-13(9)19-14(16)7-10(2)18-19/h3-4,7-8,12H,5-6,16H2,1-2H3,(H,17,20). The maximum Gasteiger partial charge on any atom is 0.251 e. The topological polar surface area (TPSA) is 72.9 Å². The van der Waals surface area contributed by atoms with E-state index in [2.05, 4.69) is 10.4 Å². The van der Waals surface area contributed by atoms with Crippen molar-refractivity contribution in [2.45, 2.75) is 32.7 Å². The summed E-state index contributed by atoms with van der Waals surface area (Å²) in [6.07, 6.45) is 2.16. The summed E-state index contributed by atoms with van der Waals surface area (Å²) in [7, 11) is 0. The van der Waals surface area contributed by atoms with Crippen molar-refractivity contribution in [3.63, 3.8) is 0 Å². The van der Waals surface area contributed by atoms with Gasteiger partial charge in [0.05, 0.1) is 11.4 Å². The van der Waals surface area contributed by atoms with E-state index >= 15 is 0 Å². The van der Waals surface area contributed by atoms with Crippen molar-refractivity contribution in [3.05, 3.63) is 41.1 Å². The average Bonchev–Trinajstić information content (AvgIpc) is 3.14. The molecule has 1 amide bonds. The van der Waals surface area contributed by atoms with Crippen molar-refractivity contribution in [2.75, 3.05) is 5.73 Å². The van der Waals surface area contributed by atoms with E-state index in [0.717, 1.165) is 29.8 Å². The average molecular weight is 270 g/mol. The minimum atomic E-state index is -0.0313. The highest BCUT2D eigenvalue weighted by Gasteiger charge is 2.24. The number of aromatic nitrogens is 2. The molecule has 1 saturated carbocycles. The fourth-order valence-corrected chi connectivity index (χ4v) is 2.19. The number of nitrogens with two attached hydrogens (primary N) is 1. The SMILES string of the molecule is Cc1cc(N)n(-c2cc(C(=O)NC3CC3)ccc2C)n1. The van der Waals surface area contributed by atoms with E-state index in [1.165, 1.54) is 0 Å². The summed E-state index contributed by atoms with van der Waals surface area (Å²) in [5, 5.41) is 7.36. The van der Waals surface area contributed by atoms with E-state index in [9.17, 15) is 4.79 Å². The zero-order chi connectivity index (χ0) is 14.3. The maximum absolute atomic E-state index is 12.1. The number of nitrogens with one attached hydrogen (secondary N) is 1. The van der Waals surface area contributed by atoms with Gasteiger partial charge in [0, 0.05) is 17.7 Å². The molecule has 0 spiro atoms. The number of nitrogen functional groups attached to an aromatic ring is 1. The number of carbonyl (C=O) groups is 1. The molecule has 3 N–H and O–H groups in total. The van der Waals surface area contributed by atoms with E-state index < -0.39 is 0 Å². The van der Waals surface area contributed by atoms with Crippen LogP contribution in [-0.4, -0.2) is 21.7 Å². The Hall–Kier alpha value is -2.30. The smallest absolute Gasteiger partial charge is 0.251 e. The van der Waals surface area contributed by atoms with E-state index in [0.29, 0.717) is 17.4 Å². The van der Waals surface area contributed by atoms with Gasteiger partial charge in [-0.15, -0.1) is 0 Å². The molecule has 1 aromatic heterocycles. The summed E-state index contributed by atoms with van der Waals surface area (Å²) in [4.78, 5) is 12.1. The first-order valence-corrected chi connectivity index (χ1v) is 6.78. The fourth-order valence-electron chi connectivity index (χ4n) is 2.19. The molecule has 0 atom stereocenters. The number of nitrogens with zero attached hydrogens (tertiary/aromatic N) is 2. The number of hydrogen-bond donors (Lipinski definition) is 2. The van der Waals surface area contributed by atoms with E-state index in [4.69, 9.17) is 5.73 Å². The number of benzene rings is 1. The van der Waals surface area contributed by atoms with Crippen LogP contribution in [0.2, 0.25) is 0 Å². The molecule has 1 aliphatic carbocycles. The third-order valence-corrected chi connectivity index (χ3v) is 3.47. The molecule has 5 heteroatoms. The van der Waals surface area contributed by atoms with Crippen LogP contribution < -0.4 is 11.1 Å². The van der Waals surface area contributed by atoms with Crippen LogP contribution in [0.4, 0.5) is 5.82 Å². The molecule has 104 valence electrons. The first-order chi connectivity index (χ1) is 9.54. The van der Waals surface area contributed by atoms with Crippen LogP contribution in [0, 0.1) is 13.8 Å². The lowest BCUT2D eigenvalue weighted by Crippen LogP contribution is -2.25. The van der Waals surface area contributed by atoms with E-state index in [1.54, 1.807) is 4.68 Å². The Balaban J connectivity index is 1.97. The number of anilines is 1. The number of hydrogen-bond acceptors (Lipinski definition) is 3. The second-order valence-electron chi connectivity index (χ2n) is 5.37. The second kappa shape index (κ2) is 4.67. The summed E-state index contributed by atoms with van der Waals surface area (Å²) in [6, 6.07) is 7.77. The fraction of sp³-hybridized carbons (Fsp3) is 0.333. The Morgan fingerprint density at radius 3 is 2.70 bits per heavy atom. The maximum atomic E-state index is 12.1. The molecule has 5 nitrogen and oxygen atoms in total. The number of amides is 1. The van der Waals surface area contributed by atoms with Crippen LogP contribution in [0.3, 0.4) is 0 Å². The highest BCUT2D eigenvalue weighted by Crippen LogP contribution is 2.22. The van der Waals surface area contributed by atoms with Crippen LogP contribution >= 0.6 is 0 Å². The molecule has 0 unspecified atom stereocenters. The van der Waals surface area contributed by atoms with Crippen molar-refractivity contribution in [3.8, 4) is 5.69 Å². The summed E-state index contributed by atoms with van der Waals surface area (Å²) in [5.74, 6) is 0.543. The lowest BCUT2D eigenvalue weighted by molar-refractivity contribution is 0.0951. The van der Waals surface area contributed by atoms with Gasteiger partial charge in [0.1, 0.15) is 5.82 Å². The molecule has 1 heterocycles. The lowest BCUT2D eigenvalue weighted by atomic mass is 10.1. The van der Waals surface area contributed by atoms with Gasteiger partial charge in [0.2, 0.25) is 0 Å².